The fourth-order valence-electron chi connectivity index (χ4n) is 3.77. The molecule has 2 fully saturated rings. The van der Waals surface area contributed by atoms with Crippen LogP contribution >= 0.6 is 0 Å². The van der Waals surface area contributed by atoms with Gasteiger partial charge in [0, 0.05) is 44.8 Å². The molecule has 0 unspecified atom stereocenters. The number of alkyl halides is 3. The number of nitrogens with zero attached hydrogens (tertiary/aromatic N) is 4. The van der Waals surface area contributed by atoms with E-state index in [9.17, 15) is 13.2 Å². The molecule has 0 spiro atoms. The second-order valence-electron chi connectivity index (χ2n) is 7.03. The van der Waals surface area contributed by atoms with Crippen molar-refractivity contribution in [2.75, 3.05) is 37.6 Å². The molecule has 4 nitrogen and oxygen atoms in total. The van der Waals surface area contributed by atoms with Crippen molar-refractivity contribution in [2.24, 2.45) is 11.8 Å². The highest BCUT2D eigenvalue weighted by molar-refractivity contribution is 5.42. The molecule has 0 atom stereocenters. The first-order valence-electron chi connectivity index (χ1n) is 8.86. The molecular formula is C18H23F3N4. The Morgan fingerprint density at radius 3 is 2.40 bits per heavy atom. The molecular weight excluding hydrogens is 329 g/mol. The SMILES string of the molecule is N#CC1CCC(CN2CCN(c3cc(C(F)(F)F)ccn3)CC2)CC1. The summed E-state index contributed by atoms with van der Waals surface area (Å²) in [5, 5.41) is 8.96. The van der Waals surface area contributed by atoms with Crippen LogP contribution in [0.15, 0.2) is 18.3 Å². The molecule has 0 N–H and O–H groups in total. The van der Waals surface area contributed by atoms with E-state index in [1.165, 1.54) is 6.20 Å². The molecule has 3 rings (SSSR count). The molecule has 136 valence electrons. The lowest BCUT2D eigenvalue weighted by Gasteiger charge is -2.38. The van der Waals surface area contributed by atoms with Crippen LogP contribution in [0.1, 0.15) is 31.2 Å². The Hall–Kier alpha value is -1.81. The highest BCUT2D eigenvalue weighted by atomic mass is 19.4. The van der Waals surface area contributed by atoms with Crippen molar-refractivity contribution in [2.45, 2.75) is 31.9 Å². The van der Waals surface area contributed by atoms with Crippen LogP contribution in [0.3, 0.4) is 0 Å². The standard InChI is InChI=1S/C18H23F3N4/c19-18(20,21)16-5-6-23-17(11-16)25-9-7-24(8-10-25)13-15-3-1-14(12-22)2-4-15/h5-6,11,14-15H,1-4,7-10,13H2. The molecule has 1 saturated heterocycles. The van der Waals surface area contributed by atoms with E-state index in [-0.39, 0.29) is 5.92 Å². The van der Waals surface area contributed by atoms with E-state index in [0.717, 1.165) is 57.5 Å². The Morgan fingerprint density at radius 2 is 1.80 bits per heavy atom. The molecule has 0 amide bonds. The first kappa shape index (κ1) is 18.0. The number of hydrogen-bond acceptors (Lipinski definition) is 4. The molecule has 1 aliphatic heterocycles. The van der Waals surface area contributed by atoms with Gasteiger partial charge in [-0.3, -0.25) is 4.90 Å². The monoisotopic (exact) mass is 352 g/mol. The number of hydrogen-bond donors (Lipinski definition) is 0. The first-order chi connectivity index (χ1) is 12.0. The Bertz CT molecular complexity index is 609. The van der Waals surface area contributed by atoms with Gasteiger partial charge >= 0.3 is 6.18 Å². The van der Waals surface area contributed by atoms with Gasteiger partial charge in [0.25, 0.3) is 0 Å². The average molecular weight is 352 g/mol. The van der Waals surface area contributed by atoms with E-state index >= 15 is 0 Å². The minimum absolute atomic E-state index is 0.222. The van der Waals surface area contributed by atoms with Crippen LogP contribution < -0.4 is 4.90 Å². The summed E-state index contributed by atoms with van der Waals surface area (Å²) in [6.07, 6.45) is 1.10. The molecule has 7 heteroatoms. The lowest BCUT2D eigenvalue weighted by molar-refractivity contribution is -0.137. The minimum Gasteiger partial charge on any atom is -0.354 e. The molecule has 1 saturated carbocycles. The van der Waals surface area contributed by atoms with E-state index in [1.807, 2.05) is 4.90 Å². The van der Waals surface area contributed by atoms with Crippen LogP contribution in [0, 0.1) is 23.2 Å². The normalized spacial score (nSPS) is 25.6. The molecule has 0 radical (unpaired) electrons. The van der Waals surface area contributed by atoms with Crippen LogP contribution in [0.25, 0.3) is 0 Å². The van der Waals surface area contributed by atoms with Crippen molar-refractivity contribution in [1.29, 1.82) is 5.26 Å². The smallest absolute Gasteiger partial charge is 0.354 e. The summed E-state index contributed by atoms with van der Waals surface area (Å²) in [6.45, 7) is 4.11. The Labute approximate surface area is 146 Å². The largest absolute Gasteiger partial charge is 0.416 e. The van der Waals surface area contributed by atoms with E-state index in [4.69, 9.17) is 5.26 Å². The molecule has 1 aromatic rings. The summed E-state index contributed by atoms with van der Waals surface area (Å²) in [5.41, 5.74) is -0.644. The summed E-state index contributed by atoms with van der Waals surface area (Å²) < 4.78 is 38.5. The third-order valence-electron chi connectivity index (χ3n) is 5.31. The number of anilines is 1. The molecule has 0 aromatic carbocycles. The molecule has 1 aromatic heterocycles. The summed E-state index contributed by atoms with van der Waals surface area (Å²) in [6, 6.07) is 4.51. The quantitative estimate of drug-likeness (QED) is 0.834. The molecule has 0 bridgehead atoms. The van der Waals surface area contributed by atoms with Gasteiger partial charge in [0.2, 0.25) is 0 Å². The van der Waals surface area contributed by atoms with Gasteiger partial charge in [-0.05, 0) is 43.7 Å². The van der Waals surface area contributed by atoms with E-state index < -0.39 is 11.7 Å². The zero-order valence-corrected chi connectivity index (χ0v) is 14.2. The number of halogens is 3. The van der Waals surface area contributed by atoms with Gasteiger partial charge < -0.3 is 4.90 Å². The van der Waals surface area contributed by atoms with Gasteiger partial charge in [-0.2, -0.15) is 18.4 Å². The lowest BCUT2D eigenvalue weighted by atomic mass is 9.82. The maximum Gasteiger partial charge on any atom is 0.416 e. The fraction of sp³-hybridized carbons (Fsp3) is 0.667. The highest BCUT2D eigenvalue weighted by Crippen LogP contribution is 2.31. The zero-order chi connectivity index (χ0) is 17.9. The van der Waals surface area contributed by atoms with E-state index in [1.54, 1.807) is 0 Å². The number of pyridine rings is 1. The van der Waals surface area contributed by atoms with E-state index in [2.05, 4.69) is 16.0 Å². The van der Waals surface area contributed by atoms with Crippen LogP contribution in [0.5, 0.6) is 0 Å². The van der Waals surface area contributed by atoms with Crippen LogP contribution in [0.2, 0.25) is 0 Å². The number of aromatic nitrogens is 1. The van der Waals surface area contributed by atoms with Crippen molar-refractivity contribution in [1.82, 2.24) is 9.88 Å². The van der Waals surface area contributed by atoms with Gasteiger partial charge in [0.15, 0.2) is 0 Å². The minimum atomic E-state index is -4.33. The summed E-state index contributed by atoms with van der Waals surface area (Å²) in [5.74, 6) is 1.27. The molecule has 2 aliphatic rings. The molecule has 25 heavy (non-hydrogen) atoms. The van der Waals surface area contributed by atoms with E-state index in [0.29, 0.717) is 24.8 Å². The Balaban J connectivity index is 1.50. The first-order valence-corrected chi connectivity index (χ1v) is 8.86. The maximum absolute atomic E-state index is 12.8. The molecule has 1 aliphatic carbocycles. The van der Waals surface area contributed by atoms with Crippen molar-refractivity contribution in [3.05, 3.63) is 23.9 Å². The number of rotatable bonds is 3. The topological polar surface area (TPSA) is 43.2 Å². The zero-order valence-electron chi connectivity index (χ0n) is 14.2. The summed E-state index contributed by atoms with van der Waals surface area (Å²) in [7, 11) is 0. The van der Waals surface area contributed by atoms with Crippen LogP contribution in [0.4, 0.5) is 19.0 Å². The predicted molar refractivity (Wildman–Crippen MR) is 89.0 cm³/mol. The highest BCUT2D eigenvalue weighted by Gasteiger charge is 2.31. The number of piperazine rings is 1. The summed E-state index contributed by atoms with van der Waals surface area (Å²) in [4.78, 5) is 8.43. The van der Waals surface area contributed by atoms with Gasteiger partial charge in [-0.1, -0.05) is 0 Å². The van der Waals surface area contributed by atoms with Gasteiger partial charge in [0.1, 0.15) is 5.82 Å². The third kappa shape index (κ3) is 4.63. The van der Waals surface area contributed by atoms with Gasteiger partial charge in [-0.25, -0.2) is 4.98 Å². The average Bonchev–Trinajstić information content (AvgIpc) is 2.62. The van der Waals surface area contributed by atoms with Crippen molar-refractivity contribution < 1.29 is 13.2 Å². The van der Waals surface area contributed by atoms with Gasteiger partial charge in [0.05, 0.1) is 11.6 Å². The Kier molecular flexibility index (Phi) is 5.48. The molecule has 2 heterocycles. The van der Waals surface area contributed by atoms with Crippen molar-refractivity contribution in [3.63, 3.8) is 0 Å². The maximum atomic E-state index is 12.8. The predicted octanol–water partition coefficient (Wildman–Crippen LogP) is 3.55. The van der Waals surface area contributed by atoms with Crippen LogP contribution in [-0.4, -0.2) is 42.6 Å². The van der Waals surface area contributed by atoms with Gasteiger partial charge in [-0.15, -0.1) is 0 Å². The fourth-order valence-corrected chi connectivity index (χ4v) is 3.77. The van der Waals surface area contributed by atoms with Crippen molar-refractivity contribution >= 4 is 5.82 Å². The summed E-state index contributed by atoms with van der Waals surface area (Å²) >= 11 is 0. The lowest BCUT2D eigenvalue weighted by Crippen LogP contribution is -2.48. The van der Waals surface area contributed by atoms with Crippen molar-refractivity contribution in [3.8, 4) is 6.07 Å². The second kappa shape index (κ2) is 7.61. The Morgan fingerprint density at radius 1 is 1.12 bits per heavy atom. The van der Waals surface area contributed by atoms with Crippen LogP contribution in [-0.2, 0) is 6.18 Å². The number of nitriles is 1. The second-order valence-corrected chi connectivity index (χ2v) is 7.03. The third-order valence-corrected chi connectivity index (χ3v) is 5.31.